The maximum absolute atomic E-state index is 12.6. The van der Waals surface area contributed by atoms with E-state index in [-0.39, 0.29) is 17.2 Å². The molecule has 0 fully saturated rings. The summed E-state index contributed by atoms with van der Waals surface area (Å²) in [6, 6.07) is 28.0. The molecule has 0 bridgehead atoms. The van der Waals surface area contributed by atoms with Crippen LogP contribution in [-0.4, -0.2) is 5.91 Å². The number of hydrogen-bond acceptors (Lipinski definition) is 3. The van der Waals surface area contributed by atoms with E-state index in [1.54, 1.807) is 36.4 Å². The van der Waals surface area contributed by atoms with Crippen molar-refractivity contribution in [2.24, 2.45) is 0 Å². The normalized spacial score (nSPS) is 11.1. The first-order valence-electron chi connectivity index (χ1n) is 10.1. The van der Waals surface area contributed by atoms with E-state index < -0.39 is 5.91 Å². The molecule has 4 nitrogen and oxygen atoms in total. The van der Waals surface area contributed by atoms with Crippen LogP contribution >= 0.6 is 23.2 Å². The molecule has 0 spiro atoms. The molecule has 0 atom stereocenters. The van der Waals surface area contributed by atoms with Gasteiger partial charge in [-0.2, -0.15) is 5.26 Å². The molecule has 4 rings (SSSR count). The van der Waals surface area contributed by atoms with Gasteiger partial charge in [0.15, 0.2) is 0 Å². The zero-order valence-corrected chi connectivity index (χ0v) is 18.9. The number of benzene rings is 4. The van der Waals surface area contributed by atoms with E-state index in [1.807, 2.05) is 54.6 Å². The third-order valence-electron chi connectivity index (χ3n) is 4.99. The van der Waals surface area contributed by atoms with Crippen molar-refractivity contribution in [2.75, 3.05) is 5.32 Å². The lowest BCUT2D eigenvalue weighted by atomic mass is 10.1. The van der Waals surface area contributed by atoms with Crippen molar-refractivity contribution in [2.45, 2.75) is 6.61 Å². The van der Waals surface area contributed by atoms with E-state index in [0.717, 1.165) is 16.3 Å². The largest absolute Gasteiger partial charge is 0.487 e. The minimum absolute atomic E-state index is 0.104. The molecule has 33 heavy (non-hydrogen) atoms. The summed E-state index contributed by atoms with van der Waals surface area (Å²) >= 11 is 12.6. The minimum Gasteiger partial charge on any atom is -0.487 e. The lowest BCUT2D eigenvalue weighted by Gasteiger charge is -2.14. The maximum Gasteiger partial charge on any atom is 0.266 e. The Morgan fingerprint density at radius 3 is 2.48 bits per heavy atom. The molecule has 4 aromatic rings. The molecule has 1 N–H and O–H groups in total. The standard InChI is InChI=1S/C27H18Cl2N2O2/c28-22-14-20(13-21(16-30)27(32)31-23-10-2-1-3-11-23)26(25(29)15-22)33-17-19-9-6-8-18-7-4-5-12-24(18)19/h1-15H,17H2,(H,31,32)/b21-13+. The Morgan fingerprint density at radius 1 is 0.970 bits per heavy atom. The highest BCUT2D eigenvalue weighted by Crippen LogP contribution is 2.35. The second kappa shape index (κ2) is 10.2. The van der Waals surface area contributed by atoms with Gasteiger partial charge in [0.25, 0.3) is 5.91 Å². The van der Waals surface area contributed by atoms with Gasteiger partial charge < -0.3 is 10.1 Å². The quantitative estimate of drug-likeness (QED) is 0.237. The number of rotatable bonds is 6. The van der Waals surface area contributed by atoms with Crippen LogP contribution in [0.15, 0.2) is 90.5 Å². The van der Waals surface area contributed by atoms with E-state index in [2.05, 4.69) is 5.32 Å². The van der Waals surface area contributed by atoms with Gasteiger partial charge in [0.05, 0.1) is 5.02 Å². The fourth-order valence-corrected chi connectivity index (χ4v) is 4.00. The van der Waals surface area contributed by atoms with Crippen molar-refractivity contribution < 1.29 is 9.53 Å². The Hall–Kier alpha value is -3.78. The number of anilines is 1. The molecule has 6 heteroatoms. The molecule has 0 saturated carbocycles. The highest BCUT2D eigenvalue weighted by molar-refractivity contribution is 6.36. The average molecular weight is 473 g/mol. The van der Waals surface area contributed by atoms with Crippen molar-refractivity contribution >= 4 is 51.6 Å². The number of para-hydroxylation sites is 1. The van der Waals surface area contributed by atoms with Gasteiger partial charge in [-0.1, -0.05) is 83.9 Å². The Labute approximate surface area is 201 Å². The van der Waals surface area contributed by atoms with Crippen LogP contribution in [0, 0.1) is 11.3 Å². The second-order valence-corrected chi connectivity index (χ2v) is 8.07. The number of carbonyl (C=O) groups excluding carboxylic acids is 1. The number of nitrogens with zero attached hydrogens (tertiary/aromatic N) is 1. The molecule has 162 valence electrons. The van der Waals surface area contributed by atoms with Gasteiger partial charge in [-0.15, -0.1) is 0 Å². The number of hydrogen-bond donors (Lipinski definition) is 1. The number of fused-ring (bicyclic) bond motifs is 1. The van der Waals surface area contributed by atoms with Crippen LogP contribution in [0.5, 0.6) is 5.75 Å². The van der Waals surface area contributed by atoms with Crippen LogP contribution in [0.1, 0.15) is 11.1 Å². The summed E-state index contributed by atoms with van der Waals surface area (Å²) in [5, 5.41) is 15.1. The molecular weight excluding hydrogens is 455 g/mol. The Kier molecular flexibility index (Phi) is 6.95. The first-order valence-corrected chi connectivity index (χ1v) is 10.9. The molecule has 0 aromatic heterocycles. The Balaban J connectivity index is 1.65. The topological polar surface area (TPSA) is 62.1 Å². The number of nitriles is 1. The van der Waals surface area contributed by atoms with Crippen LogP contribution < -0.4 is 10.1 Å². The van der Waals surface area contributed by atoms with Crippen LogP contribution in [-0.2, 0) is 11.4 Å². The van der Waals surface area contributed by atoms with Gasteiger partial charge in [-0.3, -0.25) is 4.79 Å². The predicted molar refractivity (Wildman–Crippen MR) is 133 cm³/mol. The van der Waals surface area contributed by atoms with E-state index in [0.29, 0.717) is 22.0 Å². The molecule has 0 aliphatic rings. The fourth-order valence-electron chi connectivity index (χ4n) is 3.43. The predicted octanol–water partition coefficient (Wildman–Crippen LogP) is 7.27. The number of carbonyl (C=O) groups is 1. The van der Waals surface area contributed by atoms with Gasteiger partial charge in [0.2, 0.25) is 0 Å². The van der Waals surface area contributed by atoms with Gasteiger partial charge in [0, 0.05) is 16.3 Å². The molecule has 4 aromatic carbocycles. The monoisotopic (exact) mass is 472 g/mol. The Bertz CT molecular complexity index is 1390. The molecule has 0 heterocycles. The highest BCUT2D eigenvalue weighted by Gasteiger charge is 2.15. The van der Waals surface area contributed by atoms with Gasteiger partial charge in [0.1, 0.15) is 24.0 Å². The summed E-state index contributed by atoms with van der Waals surface area (Å²) in [4.78, 5) is 12.6. The molecular formula is C27H18Cl2N2O2. The SMILES string of the molecule is N#C/C(=C\c1cc(Cl)cc(Cl)c1OCc1cccc2ccccc12)C(=O)Nc1ccccc1. The first kappa shape index (κ1) is 22.4. The number of amides is 1. The number of nitrogens with one attached hydrogen (secondary N) is 1. The number of ether oxygens (including phenoxy) is 1. The van der Waals surface area contributed by atoms with E-state index in [4.69, 9.17) is 27.9 Å². The van der Waals surface area contributed by atoms with Crippen molar-refractivity contribution in [3.05, 3.63) is 112 Å². The van der Waals surface area contributed by atoms with E-state index >= 15 is 0 Å². The summed E-state index contributed by atoms with van der Waals surface area (Å²) < 4.78 is 6.08. The van der Waals surface area contributed by atoms with Gasteiger partial charge in [-0.25, -0.2) is 0 Å². The van der Waals surface area contributed by atoms with Crippen molar-refractivity contribution in [3.8, 4) is 11.8 Å². The van der Waals surface area contributed by atoms with Crippen LogP contribution in [0.25, 0.3) is 16.8 Å². The minimum atomic E-state index is -0.542. The maximum atomic E-state index is 12.6. The van der Waals surface area contributed by atoms with Gasteiger partial charge in [-0.05, 0) is 46.7 Å². The molecule has 0 saturated heterocycles. The smallest absolute Gasteiger partial charge is 0.266 e. The van der Waals surface area contributed by atoms with Crippen LogP contribution in [0.4, 0.5) is 5.69 Å². The molecule has 0 unspecified atom stereocenters. The molecule has 0 radical (unpaired) electrons. The second-order valence-electron chi connectivity index (χ2n) is 7.22. The summed E-state index contributed by atoms with van der Waals surface area (Å²) in [5.41, 5.74) is 1.90. The number of halogens is 2. The van der Waals surface area contributed by atoms with Crippen LogP contribution in [0.2, 0.25) is 10.0 Å². The first-order chi connectivity index (χ1) is 16.0. The van der Waals surface area contributed by atoms with Crippen molar-refractivity contribution in [1.82, 2.24) is 0 Å². The van der Waals surface area contributed by atoms with Crippen molar-refractivity contribution in [3.63, 3.8) is 0 Å². The van der Waals surface area contributed by atoms with Crippen LogP contribution in [0.3, 0.4) is 0 Å². The highest BCUT2D eigenvalue weighted by atomic mass is 35.5. The molecule has 1 amide bonds. The van der Waals surface area contributed by atoms with E-state index in [1.165, 1.54) is 6.08 Å². The van der Waals surface area contributed by atoms with Crippen molar-refractivity contribution in [1.29, 1.82) is 5.26 Å². The summed E-state index contributed by atoms with van der Waals surface area (Å²) in [7, 11) is 0. The summed E-state index contributed by atoms with van der Waals surface area (Å²) in [6.45, 7) is 0.252. The Morgan fingerprint density at radius 2 is 1.70 bits per heavy atom. The zero-order valence-electron chi connectivity index (χ0n) is 17.4. The zero-order chi connectivity index (χ0) is 23.2. The fraction of sp³-hybridized carbons (Fsp3) is 0.0370. The molecule has 0 aliphatic heterocycles. The average Bonchev–Trinajstić information content (AvgIpc) is 2.82. The lowest BCUT2D eigenvalue weighted by molar-refractivity contribution is -0.112. The summed E-state index contributed by atoms with van der Waals surface area (Å²) in [5.74, 6) is -0.200. The summed E-state index contributed by atoms with van der Waals surface area (Å²) in [6.07, 6.45) is 1.43. The lowest BCUT2D eigenvalue weighted by Crippen LogP contribution is -2.13. The third kappa shape index (κ3) is 5.35. The molecule has 0 aliphatic carbocycles. The van der Waals surface area contributed by atoms with E-state index in [9.17, 15) is 10.1 Å². The third-order valence-corrected chi connectivity index (χ3v) is 5.48. The van der Waals surface area contributed by atoms with Gasteiger partial charge >= 0.3 is 0 Å².